The van der Waals surface area contributed by atoms with E-state index in [-0.39, 0.29) is 11.6 Å². The molecule has 1 amide bonds. The summed E-state index contributed by atoms with van der Waals surface area (Å²) in [7, 11) is 1.58. The van der Waals surface area contributed by atoms with Crippen molar-refractivity contribution in [3.05, 3.63) is 47.0 Å². The Morgan fingerprint density at radius 2 is 2.11 bits per heavy atom. The molecule has 0 saturated carbocycles. The minimum absolute atomic E-state index is 0.0185. The van der Waals surface area contributed by atoms with Crippen LogP contribution in [0.4, 0.5) is 11.4 Å². The number of nitro groups is 1. The fourth-order valence-electron chi connectivity index (χ4n) is 1.45. The van der Waals surface area contributed by atoms with Crippen LogP contribution in [-0.2, 0) is 4.79 Å². The average Bonchev–Trinajstić information content (AvgIpc) is 2.37. The number of hydrogen-bond acceptors (Lipinski definition) is 4. The van der Waals surface area contributed by atoms with Crippen molar-refractivity contribution in [1.29, 1.82) is 0 Å². The normalized spacial score (nSPS) is 11.7. The lowest BCUT2D eigenvalue weighted by molar-refractivity contribution is -0.384. The van der Waals surface area contributed by atoms with Gasteiger partial charge in [0, 0.05) is 24.9 Å². The highest BCUT2D eigenvalue weighted by Crippen LogP contribution is 2.18. The summed E-state index contributed by atoms with van der Waals surface area (Å²) in [6.45, 7) is 3.52. The maximum atomic E-state index is 11.9. The van der Waals surface area contributed by atoms with E-state index in [1.54, 1.807) is 13.1 Å². The lowest BCUT2D eigenvalue weighted by Crippen LogP contribution is -2.41. The van der Waals surface area contributed by atoms with Crippen molar-refractivity contribution in [3.63, 3.8) is 0 Å². The van der Waals surface area contributed by atoms with Crippen LogP contribution < -0.4 is 10.6 Å². The molecular formula is C12H15N3O3. The van der Waals surface area contributed by atoms with Gasteiger partial charge in [-0.15, -0.1) is 6.58 Å². The summed E-state index contributed by atoms with van der Waals surface area (Å²) in [5.74, 6) is -0.260. The number of hydrogen-bond donors (Lipinski definition) is 1. The smallest absolute Gasteiger partial charge is 0.269 e. The number of benzene rings is 1. The number of nitro benzene ring substituents is 1. The molecule has 1 unspecified atom stereocenters. The Kier molecular flexibility index (Phi) is 4.56. The van der Waals surface area contributed by atoms with Crippen molar-refractivity contribution in [2.75, 3.05) is 11.9 Å². The fourth-order valence-corrected chi connectivity index (χ4v) is 1.45. The molecule has 1 aromatic rings. The maximum absolute atomic E-state index is 11.9. The van der Waals surface area contributed by atoms with E-state index >= 15 is 0 Å². The van der Waals surface area contributed by atoms with Crippen LogP contribution in [-0.4, -0.2) is 23.9 Å². The number of rotatable bonds is 5. The second kappa shape index (κ2) is 5.92. The number of non-ortho nitro benzene ring substituents is 1. The number of likely N-dealkylation sites (N-methyl/N-ethyl adjacent to an activating group) is 1. The van der Waals surface area contributed by atoms with Crippen molar-refractivity contribution >= 4 is 17.3 Å². The van der Waals surface area contributed by atoms with E-state index in [0.717, 1.165) is 0 Å². The van der Waals surface area contributed by atoms with Crippen LogP contribution in [0, 0.1) is 10.1 Å². The van der Waals surface area contributed by atoms with Crippen LogP contribution in [0.5, 0.6) is 0 Å². The number of nitrogens with zero attached hydrogens (tertiary/aromatic N) is 2. The molecule has 6 heteroatoms. The second-order valence-electron chi connectivity index (χ2n) is 3.80. The third kappa shape index (κ3) is 3.14. The Bertz CT molecular complexity index is 456. The van der Waals surface area contributed by atoms with Gasteiger partial charge in [-0.1, -0.05) is 6.08 Å². The zero-order valence-corrected chi connectivity index (χ0v) is 10.1. The van der Waals surface area contributed by atoms with E-state index in [1.807, 2.05) is 0 Å². The van der Waals surface area contributed by atoms with Crippen molar-refractivity contribution in [2.24, 2.45) is 5.73 Å². The zero-order chi connectivity index (χ0) is 13.7. The number of carbonyl (C=O) groups is 1. The molecule has 0 spiro atoms. The Morgan fingerprint density at radius 1 is 1.56 bits per heavy atom. The van der Waals surface area contributed by atoms with Crippen LogP contribution in [0.3, 0.4) is 0 Å². The first-order valence-electron chi connectivity index (χ1n) is 5.36. The third-order valence-electron chi connectivity index (χ3n) is 2.52. The van der Waals surface area contributed by atoms with Gasteiger partial charge in [0.2, 0.25) is 5.91 Å². The zero-order valence-electron chi connectivity index (χ0n) is 10.1. The van der Waals surface area contributed by atoms with Crippen molar-refractivity contribution in [1.82, 2.24) is 0 Å². The maximum Gasteiger partial charge on any atom is 0.269 e. The van der Waals surface area contributed by atoms with E-state index in [4.69, 9.17) is 5.73 Å². The molecule has 0 saturated heterocycles. The summed E-state index contributed by atoms with van der Waals surface area (Å²) in [4.78, 5) is 23.3. The summed E-state index contributed by atoms with van der Waals surface area (Å²) in [6.07, 6.45) is 1.96. The highest BCUT2D eigenvalue weighted by Gasteiger charge is 2.18. The topological polar surface area (TPSA) is 89.5 Å². The predicted octanol–water partition coefficient (Wildman–Crippen LogP) is 1.46. The van der Waals surface area contributed by atoms with Gasteiger partial charge in [0.1, 0.15) is 0 Å². The molecule has 0 radical (unpaired) electrons. The Labute approximate surface area is 105 Å². The third-order valence-corrected chi connectivity index (χ3v) is 2.52. The van der Waals surface area contributed by atoms with E-state index in [1.165, 1.54) is 29.2 Å². The minimum atomic E-state index is -0.650. The molecule has 18 heavy (non-hydrogen) atoms. The van der Waals surface area contributed by atoms with E-state index in [9.17, 15) is 14.9 Å². The molecule has 0 aliphatic heterocycles. The molecule has 0 heterocycles. The van der Waals surface area contributed by atoms with Crippen molar-refractivity contribution < 1.29 is 9.72 Å². The lowest BCUT2D eigenvalue weighted by Gasteiger charge is -2.20. The highest BCUT2D eigenvalue weighted by molar-refractivity contribution is 5.96. The number of anilines is 1. The monoisotopic (exact) mass is 249 g/mol. The average molecular weight is 249 g/mol. The molecule has 0 aliphatic rings. The summed E-state index contributed by atoms with van der Waals surface area (Å²) < 4.78 is 0. The summed E-state index contributed by atoms with van der Waals surface area (Å²) >= 11 is 0. The fraction of sp³-hybridized carbons (Fsp3) is 0.250. The SMILES string of the molecule is C=CCC(N)C(=O)N(C)c1ccc([N+](=O)[O-])cc1. The number of nitrogens with two attached hydrogens (primary N) is 1. The molecule has 6 nitrogen and oxygen atoms in total. The summed E-state index contributed by atoms with van der Waals surface area (Å²) in [5, 5.41) is 10.5. The highest BCUT2D eigenvalue weighted by atomic mass is 16.6. The molecule has 0 aliphatic carbocycles. The van der Waals surface area contributed by atoms with E-state index < -0.39 is 11.0 Å². The molecule has 0 bridgehead atoms. The van der Waals surface area contributed by atoms with Gasteiger partial charge in [-0.05, 0) is 18.6 Å². The van der Waals surface area contributed by atoms with Crippen LogP contribution in [0.1, 0.15) is 6.42 Å². The molecule has 2 N–H and O–H groups in total. The van der Waals surface area contributed by atoms with Crippen LogP contribution in [0.15, 0.2) is 36.9 Å². The molecular weight excluding hydrogens is 234 g/mol. The Morgan fingerprint density at radius 3 is 2.56 bits per heavy atom. The first-order chi connectivity index (χ1) is 8.47. The van der Waals surface area contributed by atoms with E-state index in [0.29, 0.717) is 12.1 Å². The molecule has 96 valence electrons. The summed E-state index contributed by atoms with van der Waals surface area (Å²) in [6, 6.07) is 5.06. The van der Waals surface area contributed by atoms with Crippen LogP contribution >= 0.6 is 0 Å². The summed E-state index contributed by atoms with van der Waals surface area (Å²) in [5.41, 5.74) is 6.22. The van der Waals surface area contributed by atoms with Gasteiger partial charge in [0.15, 0.2) is 0 Å². The first-order valence-corrected chi connectivity index (χ1v) is 5.36. The molecule has 0 aromatic heterocycles. The molecule has 1 rings (SSSR count). The second-order valence-corrected chi connectivity index (χ2v) is 3.80. The predicted molar refractivity (Wildman–Crippen MR) is 69.3 cm³/mol. The lowest BCUT2D eigenvalue weighted by atomic mass is 10.2. The van der Waals surface area contributed by atoms with Crippen LogP contribution in [0.2, 0.25) is 0 Å². The van der Waals surface area contributed by atoms with Gasteiger partial charge in [0.25, 0.3) is 5.69 Å². The number of carbonyl (C=O) groups excluding carboxylic acids is 1. The quantitative estimate of drug-likeness (QED) is 0.486. The standard InChI is InChI=1S/C12H15N3O3/c1-3-4-11(13)12(16)14(2)9-5-7-10(8-6-9)15(17)18/h3,5-8,11H,1,4,13H2,2H3. The van der Waals surface area contributed by atoms with E-state index in [2.05, 4.69) is 6.58 Å². The first kappa shape index (κ1) is 13.9. The minimum Gasteiger partial charge on any atom is -0.320 e. The van der Waals surface area contributed by atoms with Gasteiger partial charge in [0.05, 0.1) is 11.0 Å². The van der Waals surface area contributed by atoms with Gasteiger partial charge in [-0.2, -0.15) is 0 Å². The van der Waals surface area contributed by atoms with Gasteiger partial charge < -0.3 is 10.6 Å². The number of amides is 1. The largest absolute Gasteiger partial charge is 0.320 e. The van der Waals surface area contributed by atoms with Crippen LogP contribution in [0.25, 0.3) is 0 Å². The van der Waals surface area contributed by atoms with Gasteiger partial charge >= 0.3 is 0 Å². The Hall–Kier alpha value is -2.21. The van der Waals surface area contributed by atoms with Gasteiger partial charge in [-0.25, -0.2) is 0 Å². The molecule has 1 aromatic carbocycles. The Balaban J connectivity index is 2.83. The molecule has 1 atom stereocenters. The van der Waals surface area contributed by atoms with Crippen molar-refractivity contribution in [2.45, 2.75) is 12.5 Å². The van der Waals surface area contributed by atoms with Crippen molar-refractivity contribution in [3.8, 4) is 0 Å². The molecule has 0 fully saturated rings. The van der Waals surface area contributed by atoms with Gasteiger partial charge in [-0.3, -0.25) is 14.9 Å².